The van der Waals surface area contributed by atoms with E-state index in [1.165, 1.54) is 6.07 Å². The maximum absolute atomic E-state index is 13.1. The van der Waals surface area contributed by atoms with Crippen LogP contribution < -0.4 is 11.1 Å². The Morgan fingerprint density at radius 1 is 1.11 bits per heavy atom. The van der Waals surface area contributed by atoms with Gasteiger partial charge in [-0.2, -0.15) is 13.2 Å². The summed E-state index contributed by atoms with van der Waals surface area (Å²) in [7, 11) is 0. The molecule has 1 amide bonds. The highest BCUT2D eigenvalue weighted by Crippen LogP contribution is 2.35. The molecule has 0 radical (unpaired) electrons. The number of hydrogen-bond acceptors (Lipinski definition) is 5. The fourth-order valence-electron chi connectivity index (χ4n) is 4.63. The predicted octanol–water partition coefficient (Wildman–Crippen LogP) is 4.82. The molecule has 1 aromatic carbocycles. The van der Waals surface area contributed by atoms with E-state index in [1.54, 1.807) is 18.2 Å². The second-order valence-electron chi connectivity index (χ2n) is 8.98. The van der Waals surface area contributed by atoms with Gasteiger partial charge in [-0.3, -0.25) is 4.79 Å². The van der Waals surface area contributed by atoms with Crippen LogP contribution in [0.25, 0.3) is 0 Å². The molecule has 3 N–H and O–H groups in total. The van der Waals surface area contributed by atoms with Gasteiger partial charge in [-0.05, 0) is 62.5 Å². The molecule has 6 nitrogen and oxygen atoms in total. The van der Waals surface area contributed by atoms with Crippen molar-refractivity contribution in [2.75, 3.05) is 43.8 Å². The van der Waals surface area contributed by atoms with E-state index in [0.717, 1.165) is 57.0 Å². The van der Waals surface area contributed by atoms with E-state index < -0.39 is 11.7 Å². The number of nitrogens with two attached hydrogens (primary N) is 1. The monoisotopic (exact) mass is 492 g/mol. The molecule has 3 rings (SSSR count). The van der Waals surface area contributed by atoms with Gasteiger partial charge in [-0.1, -0.05) is 19.2 Å². The first-order chi connectivity index (χ1) is 16.7. The van der Waals surface area contributed by atoms with Crippen LogP contribution in [-0.4, -0.2) is 60.6 Å². The lowest BCUT2D eigenvalue weighted by molar-refractivity contribution is -0.139. The third-order valence-electron chi connectivity index (χ3n) is 6.56. The molecule has 1 aromatic rings. The topological polar surface area (TPSA) is 70.8 Å². The maximum atomic E-state index is 13.1. The van der Waals surface area contributed by atoms with Gasteiger partial charge in [0.05, 0.1) is 11.7 Å². The first-order valence-electron chi connectivity index (χ1n) is 12.0. The van der Waals surface area contributed by atoms with Crippen molar-refractivity contribution in [2.45, 2.75) is 50.4 Å². The van der Waals surface area contributed by atoms with Gasteiger partial charge in [0.2, 0.25) is 5.91 Å². The van der Waals surface area contributed by atoms with Gasteiger partial charge in [-0.25, -0.2) is 0 Å². The average Bonchev–Trinajstić information content (AvgIpc) is 3.09. The third-order valence-corrected chi connectivity index (χ3v) is 6.56. The van der Waals surface area contributed by atoms with E-state index in [0.29, 0.717) is 18.8 Å². The summed E-state index contributed by atoms with van der Waals surface area (Å²) in [5, 5.41) is 3.18. The summed E-state index contributed by atoms with van der Waals surface area (Å²) in [5.41, 5.74) is 5.78. The number of nitrogen functional groups attached to an aromatic ring is 1. The Labute approximate surface area is 205 Å². The van der Waals surface area contributed by atoms with E-state index in [9.17, 15) is 18.0 Å². The minimum Gasteiger partial charge on any atom is -0.398 e. The molecule has 0 bridgehead atoms. The lowest BCUT2D eigenvalue weighted by atomic mass is 9.92. The lowest BCUT2D eigenvalue weighted by Gasteiger charge is -2.30. The minimum absolute atomic E-state index is 0.0125. The number of nitrogens with one attached hydrogen (secondary N) is 1. The van der Waals surface area contributed by atoms with Crippen molar-refractivity contribution in [3.63, 3.8) is 0 Å². The third kappa shape index (κ3) is 7.52. The van der Waals surface area contributed by atoms with Gasteiger partial charge in [0.1, 0.15) is 6.61 Å². The fourth-order valence-corrected chi connectivity index (χ4v) is 4.63. The van der Waals surface area contributed by atoms with E-state index in [1.807, 2.05) is 11.0 Å². The van der Waals surface area contributed by atoms with E-state index in [4.69, 9.17) is 10.5 Å². The number of rotatable bonds is 8. The Kier molecular flexibility index (Phi) is 9.26. The van der Waals surface area contributed by atoms with Crippen molar-refractivity contribution >= 4 is 17.3 Å². The standard InChI is InChI=1S/C26H35F3N4O2/c1-3-6-21(4-2)32-13-5-14-33(16-15-32)25(34)18-35-22-10-7-19(8-11-22)31-20-9-12-24(30)23(17-20)26(27,28)29/h3-4,6,9,12,17,19,22,31H,1-2,5,7-8,10-11,13-16,18,30H2/b21-6+. The zero-order valence-electron chi connectivity index (χ0n) is 20.0. The van der Waals surface area contributed by atoms with Crippen molar-refractivity contribution in [3.05, 3.63) is 60.8 Å². The summed E-state index contributed by atoms with van der Waals surface area (Å²) in [6.07, 6.45) is 4.81. The van der Waals surface area contributed by atoms with E-state index in [2.05, 4.69) is 23.4 Å². The Balaban J connectivity index is 1.42. The zero-order valence-corrected chi connectivity index (χ0v) is 20.0. The minimum atomic E-state index is -4.48. The molecule has 0 aromatic heterocycles. The van der Waals surface area contributed by atoms with Crippen molar-refractivity contribution in [3.8, 4) is 0 Å². The SMILES string of the molecule is C=C/C=C(\C=C)N1CCCN(C(=O)COC2CCC(Nc3ccc(N)c(C(F)(F)F)c3)CC2)CC1. The Morgan fingerprint density at radius 2 is 1.80 bits per heavy atom. The number of allylic oxidation sites excluding steroid dienone is 3. The van der Waals surface area contributed by atoms with Crippen LogP contribution in [0.4, 0.5) is 24.5 Å². The van der Waals surface area contributed by atoms with Crippen LogP contribution in [-0.2, 0) is 15.7 Å². The number of carbonyl (C=O) groups excluding carboxylic acids is 1. The summed E-state index contributed by atoms with van der Waals surface area (Å²) in [5.74, 6) is -0.0125. The number of nitrogens with zero attached hydrogens (tertiary/aromatic N) is 2. The smallest absolute Gasteiger partial charge is 0.398 e. The average molecular weight is 493 g/mol. The van der Waals surface area contributed by atoms with Crippen LogP contribution in [0.2, 0.25) is 0 Å². The van der Waals surface area contributed by atoms with Crippen LogP contribution in [0.1, 0.15) is 37.7 Å². The summed E-state index contributed by atoms with van der Waals surface area (Å²) in [6, 6.07) is 3.96. The summed E-state index contributed by atoms with van der Waals surface area (Å²) < 4.78 is 45.2. The highest BCUT2D eigenvalue weighted by atomic mass is 19.4. The van der Waals surface area contributed by atoms with Gasteiger partial charge < -0.3 is 25.6 Å². The number of hydrogen-bond donors (Lipinski definition) is 2. The number of carbonyl (C=O) groups is 1. The number of ether oxygens (including phenoxy) is 1. The molecule has 1 saturated carbocycles. The largest absolute Gasteiger partial charge is 0.418 e. The molecular weight excluding hydrogens is 457 g/mol. The molecule has 1 heterocycles. The lowest BCUT2D eigenvalue weighted by Crippen LogP contribution is -2.38. The van der Waals surface area contributed by atoms with Crippen LogP contribution in [0.15, 0.2) is 55.3 Å². The van der Waals surface area contributed by atoms with Gasteiger partial charge in [0.15, 0.2) is 0 Å². The van der Waals surface area contributed by atoms with Gasteiger partial charge >= 0.3 is 6.18 Å². The van der Waals surface area contributed by atoms with Crippen molar-refractivity contribution < 1.29 is 22.7 Å². The molecule has 0 unspecified atom stereocenters. The Hall–Kier alpha value is -2.94. The molecule has 1 saturated heterocycles. The van der Waals surface area contributed by atoms with Crippen LogP contribution in [0.3, 0.4) is 0 Å². The van der Waals surface area contributed by atoms with Gasteiger partial charge in [0, 0.05) is 49.3 Å². The van der Waals surface area contributed by atoms with Crippen LogP contribution in [0, 0.1) is 0 Å². The van der Waals surface area contributed by atoms with Crippen molar-refractivity contribution in [1.82, 2.24) is 9.80 Å². The summed E-state index contributed by atoms with van der Waals surface area (Å²) >= 11 is 0. The highest BCUT2D eigenvalue weighted by molar-refractivity contribution is 5.77. The molecule has 0 atom stereocenters. The number of benzene rings is 1. The zero-order chi connectivity index (χ0) is 25.4. The molecule has 2 aliphatic rings. The normalized spacial score (nSPS) is 21.9. The first-order valence-corrected chi connectivity index (χ1v) is 12.0. The van der Waals surface area contributed by atoms with Crippen molar-refractivity contribution in [1.29, 1.82) is 0 Å². The number of amides is 1. The quantitative estimate of drug-likeness (QED) is 0.402. The second-order valence-corrected chi connectivity index (χ2v) is 8.98. The number of anilines is 2. The number of halogens is 3. The molecular formula is C26H35F3N4O2. The fraction of sp³-hybridized carbons (Fsp3) is 0.500. The molecule has 9 heteroatoms. The maximum Gasteiger partial charge on any atom is 0.418 e. The van der Waals surface area contributed by atoms with Gasteiger partial charge in [-0.15, -0.1) is 0 Å². The molecule has 1 aliphatic heterocycles. The van der Waals surface area contributed by atoms with Gasteiger partial charge in [0.25, 0.3) is 0 Å². The van der Waals surface area contributed by atoms with E-state index in [-0.39, 0.29) is 30.3 Å². The van der Waals surface area contributed by atoms with Crippen LogP contribution in [0.5, 0.6) is 0 Å². The van der Waals surface area contributed by atoms with E-state index >= 15 is 0 Å². The first kappa shape index (κ1) is 26.7. The highest BCUT2D eigenvalue weighted by Gasteiger charge is 2.33. The number of alkyl halides is 3. The molecule has 1 aliphatic carbocycles. The molecule has 0 spiro atoms. The molecule has 35 heavy (non-hydrogen) atoms. The Morgan fingerprint density at radius 3 is 2.46 bits per heavy atom. The summed E-state index contributed by atoms with van der Waals surface area (Å²) in [4.78, 5) is 16.8. The van der Waals surface area contributed by atoms with Crippen molar-refractivity contribution in [2.24, 2.45) is 0 Å². The predicted molar refractivity (Wildman–Crippen MR) is 133 cm³/mol. The van der Waals surface area contributed by atoms with Crippen LogP contribution >= 0.6 is 0 Å². The Bertz CT molecular complexity index is 924. The molecule has 2 fully saturated rings. The summed E-state index contributed by atoms with van der Waals surface area (Å²) in [6.45, 7) is 10.5. The second kappa shape index (κ2) is 12.2. The molecule has 192 valence electrons.